The summed E-state index contributed by atoms with van der Waals surface area (Å²) in [6.45, 7) is 1.94. The second kappa shape index (κ2) is 2.19. The average Bonchev–Trinajstić information content (AvgIpc) is 2.13. The minimum Gasteiger partial charge on any atom is -0.336 e. The van der Waals surface area contributed by atoms with Gasteiger partial charge in [-0.1, -0.05) is 0 Å². The van der Waals surface area contributed by atoms with E-state index in [1.54, 1.807) is 12.5 Å². The monoisotopic (exact) mass is 125 g/mol. The number of aryl methyl sites for hydroxylation is 1. The predicted octanol–water partition coefficient (Wildman–Crippen LogP) is 0.440. The molecule has 0 bridgehead atoms. The summed E-state index contributed by atoms with van der Waals surface area (Å²) in [6, 6.07) is 0.0810. The van der Waals surface area contributed by atoms with Crippen LogP contribution in [-0.4, -0.2) is 9.55 Å². The maximum atomic E-state index is 5.60. The minimum atomic E-state index is 0.0810. The molecule has 1 aromatic rings. The fraction of sp³-hybridized carbons (Fsp3) is 0.500. The summed E-state index contributed by atoms with van der Waals surface area (Å²) in [5.74, 6) is 0. The summed E-state index contributed by atoms with van der Waals surface area (Å²) in [4.78, 5) is 3.93. The van der Waals surface area contributed by atoms with E-state index in [-0.39, 0.29) is 6.04 Å². The van der Waals surface area contributed by atoms with Crippen LogP contribution in [0, 0.1) is 0 Å². The van der Waals surface area contributed by atoms with Crippen molar-refractivity contribution in [3.8, 4) is 0 Å². The molecule has 0 aromatic carbocycles. The zero-order valence-corrected chi connectivity index (χ0v) is 5.70. The lowest BCUT2D eigenvalue weighted by Crippen LogP contribution is -2.08. The Morgan fingerprint density at radius 3 is 2.67 bits per heavy atom. The number of nitrogens with two attached hydrogens (primary N) is 1. The van der Waals surface area contributed by atoms with Crippen LogP contribution in [-0.2, 0) is 7.05 Å². The number of rotatable bonds is 1. The Hall–Kier alpha value is -0.830. The average molecular weight is 125 g/mol. The molecule has 1 aromatic heterocycles. The first-order valence-electron chi connectivity index (χ1n) is 2.93. The molecule has 1 rings (SSSR count). The molecule has 0 radical (unpaired) electrons. The number of hydrogen-bond acceptors (Lipinski definition) is 2. The molecule has 0 amide bonds. The molecule has 50 valence electrons. The summed E-state index contributed by atoms with van der Waals surface area (Å²) in [6.07, 6.45) is 3.53. The van der Waals surface area contributed by atoms with E-state index in [1.165, 1.54) is 0 Å². The van der Waals surface area contributed by atoms with E-state index < -0.39 is 0 Å². The number of nitrogens with zero attached hydrogens (tertiary/aromatic N) is 2. The predicted molar refractivity (Wildman–Crippen MR) is 35.8 cm³/mol. The highest BCUT2D eigenvalue weighted by atomic mass is 15.0. The van der Waals surface area contributed by atoms with Gasteiger partial charge in [-0.25, -0.2) is 4.98 Å². The molecule has 0 spiro atoms. The second-order valence-electron chi connectivity index (χ2n) is 2.22. The van der Waals surface area contributed by atoms with Crippen LogP contribution in [0.25, 0.3) is 0 Å². The molecule has 3 nitrogen and oxygen atoms in total. The standard InChI is InChI=1S/C6H11N3/c1-5(7)6-3-8-4-9(6)2/h3-5H,7H2,1-2H3/t5-/m0/s1. The minimum absolute atomic E-state index is 0.0810. The summed E-state index contributed by atoms with van der Waals surface area (Å²) in [5.41, 5.74) is 6.66. The van der Waals surface area contributed by atoms with Gasteiger partial charge in [-0.3, -0.25) is 0 Å². The van der Waals surface area contributed by atoms with E-state index in [9.17, 15) is 0 Å². The maximum Gasteiger partial charge on any atom is 0.0946 e. The molecule has 0 aliphatic carbocycles. The van der Waals surface area contributed by atoms with E-state index in [4.69, 9.17) is 5.73 Å². The lowest BCUT2D eigenvalue weighted by molar-refractivity contribution is 0.715. The number of imidazole rings is 1. The van der Waals surface area contributed by atoms with Crippen LogP contribution in [0.5, 0.6) is 0 Å². The van der Waals surface area contributed by atoms with Crippen molar-refractivity contribution >= 4 is 0 Å². The van der Waals surface area contributed by atoms with Gasteiger partial charge in [0.25, 0.3) is 0 Å². The lowest BCUT2D eigenvalue weighted by atomic mass is 10.3. The molecule has 1 heterocycles. The molecule has 1 atom stereocenters. The third-order valence-electron chi connectivity index (χ3n) is 1.32. The molecule has 0 saturated heterocycles. The van der Waals surface area contributed by atoms with Gasteiger partial charge in [0.1, 0.15) is 0 Å². The third-order valence-corrected chi connectivity index (χ3v) is 1.32. The quantitative estimate of drug-likeness (QED) is 0.591. The molecule has 0 unspecified atom stereocenters. The second-order valence-corrected chi connectivity index (χ2v) is 2.22. The van der Waals surface area contributed by atoms with E-state index in [1.807, 2.05) is 18.5 Å². The van der Waals surface area contributed by atoms with Crippen molar-refractivity contribution in [3.05, 3.63) is 18.2 Å². The van der Waals surface area contributed by atoms with Gasteiger partial charge in [-0.05, 0) is 6.92 Å². The molecule has 0 aliphatic heterocycles. The first kappa shape index (κ1) is 6.29. The van der Waals surface area contributed by atoms with Crippen molar-refractivity contribution in [3.63, 3.8) is 0 Å². The van der Waals surface area contributed by atoms with Crippen LogP contribution in [0.15, 0.2) is 12.5 Å². The van der Waals surface area contributed by atoms with Crippen molar-refractivity contribution in [1.82, 2.24) is 9.55 Å². The Labute approximate surface area is 54.5 Å². The number of hydrogen-bond donors (Lipinski definition) is 1. The highest BCUT2D eigenvalue weighted by molar-refractivity contribution is 5.01. The topological polar surface area (TPSA) is 43.8 Å². The van der Waals surface area contributed by atoms with Crippen molar-refractivity contribution in [1.29, 1.82) is 0 Å². The first-order valence-corrected chi connectivity index (χ1v) is 2.93. The van der Waals surface area contributed by atoms with Gasteiger partial charge in [0.15, 0.2) is 0 Å². The first-order chi connectivity index (χ1) is 4.22. The molecular weight excluding hydrogens is 114 g/mol. The Morgan fingerprint density at radius 2 is 2.44 bits per heavy atom. The largest absolute Gasteiger partial charge is 0.336 e. The van der Waals surface area contributed by atoms with E-state index in [0.717, 1.165) is 5.69 Å². The van der Waals surface area contributed by atoms with E-state index in [2.05, 4.69) is 4.98 Å². The molecule has 0 aliphatic rings. The van der Waals surface area contributed by atoms with Crippen LogP contribution in [0.2, 0.25) is 0 Å². The summed E-state index contributed by atoms with van der Waals surface area (Å²) in [5, 5.41) is 0. The Bertz CT molecular complexity index is 190. The van der Waals surface area contributed by atoms with Gasteiger partial charge in [0, 0.05) is 19.3 Å². The molecule has 3 heteroatoms. The molecule has 0 saturated carbocycles. The molecule has 9 heavy (non-hydrogen) atoms. The van der Waals surface area contributed by atoms with Crippen molar-refractivity contribution in [2.24, 2.45) is 12.8 Å². The van der Waals surface area contributed by atoms with Crippen molar-refractivity contribution < 1.29 is 0 Å². The Morgan fingerprint density at radius 1 is 1.78 bits per heavy atom. The van der Waals surface area contributed by atoms with Gasteiger partial charge >= 0.3 is 0 Å². The normalized spacial score (nSPS) is 13.7. The van der Waals surface area contributed by atoms with E-state index in [0.29, 0.717) is 0 Å². The third kappa shape index (κ3) is 1.10. The highest BCUT2D eigenvalue weighted by Gasteiger charge is 2.01. The lowest BCUT2D eigenvalue weighted by Gasteiger charge is -2.03. The Balaban J connectivity index is 2.94. The fourth-order valence-electron chi connectivity index (χ4n) is 0.806. The van der Waals surface area contributed by atoms with Gasteiger partial charge in [-0.15, -0.1) is 0 Å². The summed E-state index contributed by atoms with van der Waals surface area (Å²) in [7, 11) is 1.94. The fourth-order valence-corrected chi connectivity index (χ4v) is 0.806. The van der Waals surface area contributed by atoms with Gasteiger partial charge in [0.2, 0.25) is 0 Å². The van der Waals surface area contributed by atoms with Crippen molar-refractivity contribution in [2.45, 2.75) is 13.0 Å². The molecule has 0 fully saturated rings. The summed E-state index contributed by atoms with van der Waals surface area (Å²) < 4.78 is 1.92. The van der Waals surface area contributed by atoms with Crippen LogP contribution in [0.3, 0.4) is 0 Å². The van der Waals surface area contributed by atoms with E-state index >= 15 is 0 Å². The SMILES string of the molecule is C[C@H](N)c1cncn1C. The van der Waals surface area contributed by atoms with Crippen LogP contribution >= 0.6 is 0 Å². The number of aromatic nitrogens is 2. The molecule has 2 N–H and O–H groups in total. The highest BCUT2D eigenvalue weighted by Crippen LogP contribution is 2.05. The van der Waals surface area contributed by atoms with Gasteiger partial charge in [-0.2, -0.15) is 0 Å². The zero-order chi connectivity index (χ0) is 6.85. The maximum absolute atomic E-state index is 5.60. The Kier molecular flexibility index (Phi) is 1.53. The van der Waals surface area contributed by atoms with Gasteiger partial charge < -0.3 is 10.3 Å². The molecular formula is C6H11N3. The van der Waals surface area contributed by atoms with Crippen LogP contribution in [0.4, 0.5) is 0 Å². The smallest absolute Gasteiger partial charge is 0.0946 e. The van der Waals surface area contributed by atoms with Crippen molar-refractivity contribution in [2.75, 3.05) is 0 Å². The van der Waals surface area contributed by atoms with Crippen LogP contribution < -0.4 is 5.73 Å². The van der Waals surface area contributed by atoms with Crippen LogP contribution in [0.1, 0.15) is 18.7 Å². The summed E-state index contributed by atoms with van der Waals surface area (Å²) >= 11 is 0. The zero-order valence-electron chi connectivity index (χ0n) is 5.70. The van der Waals surface area contributed by atoms with Gasteiger partial charge in [0.05, 0.1) is 12.0 Å².